The van der Waals surface area contributed by atoms with Crippen molar-refractivity contribution >= 4 is 0 Å². The van der Waals surface area contributed by atoms with Gasteiger partial charge in [-0.05, 0) is 87.4 Å². The summed E-state index contributed by atoms with van der Waals surface area (Å²) >= 11 is 0. The fourth-order valence-corrected chi connectivity index (χ4v) is 5.71. The van der Waals surface area contributed by atoms with Gasteiger partial charge in [-0.3, -0.25) is 4.74 Å². The van der Waals surface area contributed by atoms with Gasteiger partial charge in [0.15, 0.2) is 0 Å². The van der Waals surface area contributed by atoms with Crippen LogP contribution in [-0.4, -0.2) is 18.6 Å². The van der Waals surface area contributed by atoms with Crippen LogP contribution in [-0.2, 0) is 4.74 Å². The van der Waals surface area contributed by atoms with Gasteiger partial charge in [0.2, 0.25) is 0 Å². The monoisotopic (exact) mass is 364 g/mol. The van der Waals surface area contributed by atoms with Gasteiger partial charge in [0, 0.05) is 0 Å². The largest absolute Gasteiger partial charge is 0.522 e. The summed E-state index contributed by atoms with van der Waals surface area (Å²) < 4.78 is 56.0. The molecule has 0 spiro atoms. The van der Waals surface area contributed by atoms with Crippen LogP contribution < -0.4 is 0 Å². The summed E-state index contributed by atoms with van der Waals surface area (Å²) in [6.07, 6.45) is 3.94. The predicted octanol–water partition coefficient (Wildman–Crippen LogP) is 6.66. The van der Waals surface area contributed by atoms with Crippen molar-refractivity contribution in [2.75, 3.05) is 0 Å². The Morgan fingerprint density at radius 3 is 1.84 bits per heavy atom. The quantitative estimate of drug-likeness (QED) is 0.509. The summed E-state index contributed by atoms with van der Waals surface area (Å²) in [5.41, 5.74) is 0. The number of ether oxygens (including phenoxy) is 1. The molecule has 0 radical (unpaired) electrons. The van der Waals surface area contributed by atoms with Crippen molar-refractivity contribution in [2.45, 2.75) is 96.2 Å². The van der Waals surface area contributed by atoms with Gasteiger partial charge in [-0.2, -0.15) is 0 Å². The van der Waals surface area contributed by atoms with Crippen LogP contribution in [0.25, 0.3) is 0 Å². The molecule has 3 atom stereocenters. The highest BCUT2D eigenvalue weighted by molar-refractivity contribution is 4.90. The van der Waals surface area contributed by atoms with Crippen molar-refractivity contribution in [3.05, 3.63) is 0 Å². The number of hydrogen-bond donors (Lipinski definition) is 0. The number of halogens is 4. The van der Waals surface area contributed by atoms with Crippen LogP contribution in [0.3, 0.4) is 0 Å². The third-order valence-corrected chi connectivity index (χ3v) is 7.22. The molecule has 3 aliphatic rings. The molecule has 3 saturated carbocycles. The molecule has 5 heteroatoms. The van der Waals surface area contributed by atoms with Crippen LogP contribution in [0.1, 0.15) is 77.6 Å². The average molecular weight is 364 g/mol. The number of hydrogen-bond acceptors (Lipinski definition) is 1. The van der Waals surface area contributed by atoms with E-state index in [1.807, 2.05) is 0 Å². The van der Waals surface area contributed by atoms with E-state index in [1.54, 1.807) is 0 Å². The van der Waals surface area contributed by atoms with Crippen molar-refractivity contribution in [1.29, 1.82) is 0 Å². The summed E-state index contributed by atoms with van der Waals surface area (Å²) in [6, 6.07) is 0. The Bertz CT molecular complexity index is 408. The molecular formula is C20H32F4O. The Kier molecular flexibility index (Phi) is 6.33. The van der Waals surface area contributed by atoms with E-state index in [0.29, 0.717) is 43.9 Å². The molecule has 3 aliphatic carbocycles. The van der Waals surface area contributed by atoms with Crippen molar-refractivity contribution in [3.8, 4) is 0 Å². The van der Waals surface area contributed by atoms with Crippen LogP contribution in [0.2, 0.25) is 0 Å². The van der Waals surface area contributed by atoms with E-state index in [-0.39, 0.29) is 11.8 Å². The lowest BCUT2D eigenvalue weighted by Gasteiger charge is -2.42. The molecule has 3 unspecified atom stereocenters. The molecule has 3 rings (SSSR count). The van der Waals surface area contributed by atoms with Gasteiger partial charge >= 0.3 is 6.36 Å². The smallest absolute Gasteiger partial charge is 0.289 e. The molecule has 0 N–H and O–H groups in total. The van der Waals surface area contributed by atoms with E-state index < -0.39 is 18.6 Å². The maximum Gasteiger partial charge on any atom is 0.522 e. The molecular weight excluding hydrogens is 332 g/mol. The lowest BCUT2D eigenvalue weighted by atomic mass is 9.65. The topological polar surface area (TPSA) is 9.23 Å². The Balaban J connectivity index is 1.44. The molecule has 0 saturated heterocycles. The zero-order chi connectivity index (χ0) is 18.0. The van der Waals surface area contributed by atoms with E-state index in [2.05, 4.69) is 11.7 Å². The van der Waals surface area contributed by atoms with Crippen LogP contribution in [0.4, 0.5) is 17.6 Å². The lowest BCUT2D eigenvalue weighted by Crippen LogP contribution is -2.38. The first-order valence-electron chi connectivity index (χ1n) is 10.2. The summed E-state index contributed by atoms with van der Waals surface area (Å²) in [5.74, 6) is 2.36. The Labute approximate surface area is 148 Å². The minimum atomic E-state index is -4.55. The SMILES string of the molecule is CC1CCC(C2CCC(C3CCC(OC(F)(F)F)CC3)C(F)C2)CC1. The van der Waals surface area contributed by atoms with Gasteiger partial charge in [0.05, 0.1) is 6.10 Å². The first-order valence-corrected chi connectivity index (χ1v) is 10.2. The summed E-state index contributed by atoms with van der Waals surface area (Å²) in [4.78, 5) is 0. The highest BCUT2D eigenvalue weighted by Crippen LogP contribution is 2.46. The van der Waals surface area contributed by atoms with Crippen LogP contribution in [0, 0.1) is 29.6 Å². The standard InChI is InChI=1S/C20H32F4O/c1-13-2-4-14(5-3-13)16-8-11-18(19(21)12-16)15-6-9-17(10-7-15)25-20(22,23)24/h13-19H,2-12H2,1H3. The molecule has 0 aromatic rings. The van der Waals surface area contributed by atoms with E-state index in [1.165, 1.54) is 25.7 Å². The molecule has 0 bridgehead atoms. The van der Waals surface area contributed by atoms with Gasteiger partial charge in [-0.25, -0.2) is 4.39 Å². The van der Waals surface area contributed by atoms with Crippen molar-refractivity contribution in [3.63, 3.8) is 0 Å². The lowest BCUT2D eigenvalue weighted by molar-refractivity contribution is -0.346. The van der Waals surface area contributed by atoms with Crippen LogP contribution in [0.15, 0.2) is 0 Å². The molecule has 0 aliphatic heterocycles. The Morgan fingerprint density at radius 1 is 0.720 bits per heavy atom. The minimum absolute atomic E-state index is 0.0607. The van der Waals surface area contributed by atoms with E-state index in [9.17, 15) is 17.6 Å². The van der Waals surface area contributed by atoms with Gasteiger partial charge < -0.3 is 0 Å². The summed E-state index contributed by atoms with van der Waals surface area (Å²) in [7, 11) is 0. The molecule has 1 nitrogen and oxygen atoms in total. The first kappa shape index (κ1) is 19.4. The maximum absolute atomic E-state index is 14.9. The second kappa shape index (κ2) is 8.14. The van der Waals surface area contributed by atoms with Crippen LogP contribution >= 0.6 is 0 Å². The second-order valence-electron chi connectivity index (χ2n) is 8.87. The Hall–Kier alpha value is -0.320. The second-order valence-corrected chi connectivity index (χ2v) is 8.87. The van der Waals surface area contributed by atoms with Gasteiger partial charge in [-0.15, -0.1) is 13.2 Å². The molecule has 0 aromatic carbocycles. The molecule has 3 fully saturated rings. The van der Waals surface area contributed by atoms with Gasteiger partial charge in [0.25, 0.3) is 0 Å². The Morgan fingerprint density at radius 2 is 1.28 bits per heavy atom. The normalized spacial score (nSPS) is 43.8. The molecule has 0 aromatic heterocycles. The van der Waals surface area contributed by atoms with Gasteiger partial charge in [0.1, 0.15) is 6.17 Å². The maximum atomic E-state index is 14.9. The fraction of sp³-hybridized carbons (Fsp3) is 1.00. The van der Waals surface area contributed by atoms with Crippen molar-refractivity contribution < 1.29 is 22.3 Å². The van der Waals surface area contributed by atoms with E-state index >= 15 is 0 Å². The molecule has 25 heavy (non-hydrogen) atoms. The molecule has 0 amide bonds. The summed E-state index contributed by atoms with van der Waals surface area (Å²) in [5, 5.41) is 0. The third-order valence-electron chi connectivity index (χ3n) is 7.22. The third kappa shape index (κ3) is 5.33. The molecule has 0 heterocycles. The summed E-state index contributed by atoms with van der Waals surface area (Å²) in [6.45, 7) is 2.31. The zero-order valence-corrected chi connectivity index (χ0v) is 15.2. The van der Waals surface area contributed by atoms with E-state index in [0.717, 1.165) is 18.8 Å². The number of rotatable bonds is 3. The zero-order valence-electron chi connectivity index (χ0n) is 15.2. The van der Waals surface area contributed by atoms with E-state index in [4.69, 9.17) is 0 Å². The van der Waals surface area contributed by atoms with Crippen molar-refractivity contribution in [1.82, 2.24) is 0 Å². The first-order chi connectivity index (χ1) is 11.8. The highest BCUT2D eigenvalue weighted by atomic mass is 19.4. The fourth-order valence-electron chi connectivity index (χ4n) is 5.71. The average Bonchev–Trinajstić information content (AvgIpc) is 2.55. The van der Waals surface area contributed by atoms with Gasteiger partial charge in [-0.1, -0.05) is 19.8 Å². The minimum Gasteiger partial charge on any atom is -0.289 e. The number of alkyl halides is 4. The predicted molar refractivity (Wildman–Crippen MR) is 89.7 cm³/mol. The van der Waals surface area contributed by atoms with Crippen molar-refractivity contribution in [2.24, 2.45) is 29.6 Å². The highest BCUT2D eigenvalue weighted by Gasteiger charge is 2.41. The molecule has 146 valence electrons. The van der Waals surface area contributed by atoms with Crippen LogP contribution in [0.5, 0.6) is 0 Å².